The number of carbonyl (C=O) groups is 1. The fourth-order valence-electron chi connectivity index (χ4n) is 8.68. The third-order valence-corrected chi connectivity index (χ3v) is 10.3. The van der Waals surface area contributed by atoms with Gasteiger partial charge in [-0.15, -0.1) is 0 Å². The summed E-state index contributed by atoms with van der Waals surface area (Å²) in [4.78, 5) is 12.4. The molecular formula is C28H44O2. The first-order chi connectivity index (χ1) is 14.2. The van der Waals surface area contributed by atoms with Crippen molar-refractivity contribution >= 4 is 5.78 Å². The molecule has 3 fully saturated rings. The van der Waals surface area contributed by atoms with Crippen LogP contribution < -0.4 is 0 Å². The van der Waals surface area contributed by atoms with Crippen molar-refractivity contribution in [3.8, 4) is 0 Å². The van der Waals surface area contributed by atoms with Crippen LogP contribution >= 0.6 is 0 Å². The predicted octanol–water partition coefficient (Wildman–Crippen LogP) is 7.65. The molecule has 168 valence electrons. The van der Waals surface area contributed by atoms with E-state index < -0.39 is 0 Å². The van der Waals surface area contributed by atoms with Gasteiger partial charge in [0.25, 0.3) is 0 Å². The molecule has 2 nitrogen and oxygen atoms in total. The van der Waals surface area contributed by atoms with Crippen molar-refractivity contribution in [3.63, 3.8) is 0 Å². The molecule has 3 saturated carbocycles. The van der Waals surface area contributed by atoms with Crippen LogP contribution in [0.25, 0.3) is 0 Å². The molecule has 0 aromatic rings. The van der Waals surface area contributed by atoms with Gasteiger partial charge >= 0.3 is 0 Å². The van der Waals surface area contributed by atoms with Gasteiger partial charge in [0.15, 0.2) is 5.78 Å². The fraction of sp³-hybridized carbons (Fsp3) is 0.821. The Morgan fingerprint density at radius 3 is 2.57 bits per heavy atom. The minimum absolute atomic E-state index is 0.0419. The molecular weight excluding hydrogens is 368 g/mol. The zero-order valence-electron chi connectivity index (χ0n) is 20.0. The number of hydrogen-bond acceptors (Lipinski definition) is 2. The van der Waals surface area contributed by atoms with Gasteiger partial charge in [-0.3, -0.25) is 4.79 Å². The van der Waals surface area contributed by atoms with Gasteiger partial charge in [0, 0.05) is 5.57 Å². The maximum absolute atomic E-state index is 12.4. The molecule has 0 amide bonds. The van der Waals surface area contributed by atoms with Crippen molar-refractivity contribution in [1.29, 1.82) is 0 Å². The van der Waals surface area contributed by atoms with Crippen molar-refractivity contribution in [2.75, 3.05) is 0 Å². The van der Waals surface area contributed by atoms with Crippen LogP contribution in [0.5, 0.6) is 0 Å². The molecule has 0 bridgehead atoms. The molecule has 0 aliphatic heterocycles. The van der Waals surface area contributed by atoms with Crippen LogP contribution in [0.3, 0.4) is 0 Å². The minimum Gasteiger partial charge on any atom is -0.515 e. The van der Waals surface area contributed by atoms with Crippen LogP contribution in [-0.2, 0) is 4.79 Å². The van der Waals surface area contributed by atoms with Crippen molar-refractivity contribution in [1.82, 2.24) is 0 Å². The smallest absolute Gasteiger partial charge is 0.184 e. The quantitative estimate of drug-likeness (QED) is 0.372. The first-order valence-electron chi connectivity index (χ1n) is 12.8. The Morgan fingerprint density at radius 2 is 1.87 bits per heavy atom. The number of rotatable bonds is 5. The zero-order chi connectivity index (χ0) is 21.7. The van der Waals surface area contributed by atoms with Gasteiger partial charge in [0.05, 0.1) is 6.26 Å². The molecule has 7 unspecified atom stereocenters. The zero-order valence-corrected chi connectivity index (χ0v) is 20.0. The van der Waals surface area contributed by atoms with Crippen LogP contribution in [0.1, 0.15) is 98.8 Å². The molecule has 1 N–H and O–H groups in total. The number of aliphatic hydroxyl groups excluding tert-OH is 1. The Kier molecular flexibility index (Phi) is 6.01. The molecule has 7 atom stereocenters. The first kappa shape index (κ1) is 22.2. The van der Waals surface area contributed by atoms with Crippen LogP contribution in [0.15, 0.2) is 23.5 Å². The van der Waals surface area contributed by atoms with Crippen molar-refractivity contribution in [3.05, 3.63) is 23.5 Å². The van der Waals surface area contributed by atoms with Crippen LogP contribution in [0.2, 0.25) is 0 Å². The molecule has 0 spiro atoms. The molecule has 4 aliphatic rings. The third-order valence-electron chi connectivity index (χ3n) is 10.3. The van der Waals surface area contributed by atoms with Crippen LogP contribution in [0, 0.1) is 46.3 Å². The van der Waals surface area contributed by atoms with Gasteiger partial charge in [0.2, 0.25) is 0 Å². The van der Waals surface area contributed by atoms with E-state index in [0.717, 1.165) is 48.7 Å². The summed E-state index contributed by atoms with van der Waals surface area (Å²) >= 11 is 0. The lowest BCUT2D eigenvalue weighted by Crippen LogP contribution is -2.51. The first-order valence-corrected chi connectivity index (χ1v) is 12.8. The van der Waals surface area contributed by atoms with Crippen molar-refractivity contribution in [2.24, 2.45) is 46.3 Å². The second-order valence-corrected chi connectivity index (χ2v) is 12.2. The Bertz CT molecular complexity index is 731. The summed E-state index contributed by atoms with van der Waals surface area (Å²) in [6.07, 6.45) is 15.7. The van der Waals surface area contributed by atoms with Crippen molar-refractivity contribution < 1.29 is 9.90 Å². The molecule has 4 aliphatic carbocycles. The van der Waals surface area contributed by atoms with Gasteiger partial charge < -0.3 is 5.11 Å². The van der Waals surface area contributed by atoms with Gasteiger partial charge in [-0.25, -0.2) is 0 Å². The van der Waals surface area contributed by atoms with E-state index in [0.29, 0.717) is 16.9 Å². The Morgan fingerprint density at radius 1 is 1.10 bits per heavy atom. The van der Waals surface area contributed by atoms with E-state index >= 15 is 0 Å². The van der Waals surface area contributed by atoms with E-state index in [4.69, 9.17) is 0 Å². The largest absolute Gasteiger partial charge is 0.515 e. The van der Waals surface area contributed by atoms with Crippen LogP contribution in [0.4, 0.5) is 0 Å². The second-order valence-electron chi connectivity index (χ2n) is 12.2. The lowest BCUT2D eigenvalue weighted by Gasteiger charge is -2.58. The van der Waals surface area contributed by atoms with Gasteiger partial charge in [0.1, 0.15) is 0 Å². The molecule has 30 heavy (non-hydrogen) atoms. The van der Waals surface area contributed by atoms with E-state index in [-0.39, 0.29) is 11.2 Å². The van der Waals surface area contributed by atoms with E-state index in [1.807, 2.05) is 6.08 Å². The van der Waals surface area contributed by atoms with Gasteiger partial charge in [-0.1, -0.05) is 59.5 Å². The highest BCUT2D eigenvalue weighted by atomic mass is 16.2. The highest BCUT2D eigenvalue weighted by molar-refractivity contribution is 6.05. The minimum atomic E-state index is 0.0419. The Balaban J connectivity index is 1.52. The maximum Gasteiger partial charge on any atom is 0.184 e. The van der Waals surface area contributed by atoms with E-state index in [9.17, 15) is 9.90 Å². The number of ketones is 1. The average molecular weight is 413 g/mol. The summed E-state index contributed by atoms with van der Waals surface area (Å²) in [5, 5.41) is 9.64. The summed E-state index contributed by atoms with van der Waals surface area (Å²) in [5.74, 6) is 4.93. The summed E-state index contributed by atoms with van der Waals surface area (Å²) in [6.45, 7) is 12.3. The number of aliphatic hydroxyl groups is 1. The molecule has 0 aromatic heterocycles. The lowest BCUT2D eigenvalue weighted by molar-refractivity contribution is -0.113. The number of hydrogen-bond donors (Lipinski definition) is 1. The van der Waals surface area contributed by atoms with Crippen molar-refractivity contribution in [2.45, 2.75) is 98.8 Å². The predicted molar refractivity (Wildman–Crippen MR) is 124 cm³/mol. The highest BCUT2D eigenvalue weighted by Gasteiger charge is 2.59. The van der Waals surface area contributed by atoms with E-state index in [1.165, 1.54) is 56.9 Å². The number of carbonyl (C=O) groups excluding carboxylic acids is 1. The Labute approximate surface area is 184 Å². The standard InChI is InChI=1S/C28H44O2/c1-18(2)7-6-8-19(3)23-11-12-24-22-10-9-21-15-26(30)20(17-29)16-28(21,5)25(22)13-14-27(23,24)4/h15,17-19,22-25,29H,6-14,16H2,1-5H3/b20-17+. The highest BCUT2D eigenvalue weighted by Crippen LogP contribution is 2.67. The summed E-state index contributed by atoms with van der Waals surface area (Å²) in [5.41, 5.74) is 2.59. The van der Waals surface area contributed by atoms with Gasteiger partial charge in [-0.05, 0) is 97.4 Å². The summed E-state index contributed by atoms with van der Waals surface area (Å²) < 4.78 is 0. The average Bonchev–Trinajstić information content (AvgIpc) is 3.05. The molecule has 0 saturated heterocycles. The third kappa shape index (κ3) is 3.51. The molecule has 4 rings (SSSR count). The van der Waals surface area contributed by atoms with E-state index in [1.54, 1.807) is 0 Å². The molecule has 0 radical (unpaired) electrons. The number of allylic oxidation sites excluding steroid dienone is 2. The SMILES string of the molecule is CC(C)CCCC(C)C1CCC2C3CCC4=CC(=O)/C(=C/O)CC4(C)C3CCC12C. The summed E-state index contributed by atoms with van der Waals surface area (Å²) in [6, 6.07) is 0. The lowest BCUT2D eigenvalue weighted by atomic mass is 9.46. The topological polar surface area (TPSA) is 37.3 Å². The second kappa shape index (κ2) is 8.14. The fourth-order valence-corrected chi connectivity index (χ4v) is 8.68. The normalized spacial score (nSPS) is 43.2. The molecule has 0 heterocycles. The number of fused-ring (bicyclic) bond motifs is 5. The molecule has 0 aromatic carbocycles. The van der Waals surface area contributed by atoms with Gasteiger partial charge in [-0.2, -0.15) is 0 Å². The van der Waals surface area contributed by atoms with Crippen LogP contribution in [-0.4, -0.2) is 10.9 Å². The monoisotopic (exact) mass is 412 g/mol. The summed E-state index contributed by atoms with van der Waals surface area (Å²) in [7, 11) is 0. The molecule has 2 heteroatoms. The Hall–Kier alpha value is -1.05. The maximum atomic E-state index is 12.4. The van der Waals surface area contributed by atoms with E-state index in [2.05, 4.69) is 34.6 Å².